The van der Waals surface area contributed by atoms with Crippen LogP contribution in [0.2, 0.25) is 0 Å². The minimum absolute atomic E-state index is 0.0374. The van der Waals surface area contributed by atoms with Crippen LogP contribution in [0.15, 0.2) is 33.8 Å². The highest BCUT2D eigenvalue weighted by atomic mass is 32.2. The first-order chi connectivity index (χ1) is 22.8. The summed E-state index contributed by atoms with van der Waals surface area (Å²) in [4.78, 5) is 92.9. The van der Waals surface area contributed by atoms with Gasteiger partial charge in [-0.2, -0.15) is 0 Å². The van der Waals surface area contributed by atoms with E-state index in [4.69, 9.17) is 5.73 Å². The number of rotatable bonds is 11. The number of nitrogen functional groups attached to an aromatic ring is 1. The molecule has 3 atom stereocenters. The van der Waals surface area contributed by atoms with E-state index in [1.54, 1.807) is 6.92 Å². The van der Waals surface area contributed by atoms with Crippen LogP contribution in [-0.4, -0.2) is 124 Å². The number of aromatic nitrogens is 2. The number of nitrogens with two attached hydrogens (primary N) is 1. The molecular formula is C26H27N9O10S3. The van der Waals surface area contributed by atoms with Gasteiger partial charge in [0.05, 0.1) is 0 Å². The molecule has 2 saturated heterocycles. The maximum atomic E-state index is 13.9. The topological polar surface area (TPSA) is 278 Å². The van der Waals surface area contributed by atoms with E-state index < -0.39 is 64.2 Å². The number of imide groups is 1. The largest absolute Gasteiger partial charge is 0.504 e. The molecule has 5 rings (SSSR count). The molecule has 2 aromatic rings. The van der Waals surface area contributed by atoms with Crippen LogP contribution in [-0.2, 0) is 28.8 Å². The number of piperazine rings is 1. The quantitative estimate of drug-likeness (QED) is 0.0350. The number of phenols is 2. The highest BCUT2D eigenvalue weighted by Gasteiger charge is 2.66. The Kier molecular flexibility index (Phi) is 9.68. The average molecular weight is 722 g/mol. The van der Waals surface area contributed by atoms with Gasteiger partial charge in [0.1, 0.15) is 17.1 Å². The van der Waals surface area contributed by atoms with Crippen LogP contribution >= 0.6 is 34.9 Å². The molecule has 2 fully saturated rings. The summed E-state index contributed by atoms with van der Waals surface area (Å²) in [7, 11) is 0. The van der Waals surface area contributed by atoms with E-state index in [0.717, 1.165) is 51.9 Å². The van der Waals surface area contributed by atoms with Gasteiger partial charge in [-0.25, -0.2) is 9.59 Å². The van der Waals surface area contributed by atoms with E-state index in [9.17, 15) is 48.9 Å². The van der Waals surface area contributed by atoms with E-state index in [0.29, 0.717) is 14.8 Å². The van der Waals surface area contributed by atoms with E-state index in [1.165, 1.54) is 11.0 Å². The third kappa shape index (κ3) is 6.15. The number of nitrogens with zero attached hydrogens (tertiary/aromatic N) is 5. The van der Waals surface area contributed by atoms with Crippen LogP contribution in [0.3, 0.4) is 0 Å². The van der Waals surface area contributed by atoms with Crippen molar-refractivity contribution in [1.82, 2.24) is 40.8 Å². The number of carboxylic acid groups (broad SMARTS) is 1. The molecule has 0 radical (unpaired) electrons. The lowest BCUT2D eigenvalue weighted by Gasteiger charge is -2.56. The minimum Gasteiger partial charge on any atom is -0.504 e. The molecule has 3 aliphatic rings. The zero-order chi connectivity index (χ0) is 34.9. The molecule has 0 saturated carbocycles. The minimum atomic E-state index is -2.18. The Morgan fingerprint density at radius 2 is 1.92 bits per heavy atom. The molecule has 0 aliphatic carbocycles. The van der Waals surface area contributed by atoms with Gasteiger partial charge in [0.25, 0.3) is 5.91 Å². The van der Waals surface area contributed by atoms with E-state index >= 15 is 0 Å². The molecular weight excluding hydrogens is 695 g/mol. The van der Waals surface area contributed by atoms with Gasteiger partial charge in [-0.3, -0.25) is 33.8 Å². The fourth-order valence-electron chi connectivity index (χ4n) is 5.19. The van der Waals surface area contributed by atoms with Gasteiger partial charge in [0.15, 0.2) is 15.8 Å². The van der Waals surface area contributed by atoms with Gasteiger partial charge in [-0.15, -0.1) is 22.0 Å². The number of hydrogen-bond donors (Lipinski definition) is 7. The van der Waals surface area contributed by atoms with Crippen LogP contribution in [0.4, 0.5) is 9.93 Å². The fraction of sp³-hybridized carbons (Fsp3) is 0.346. The van der Waals surface area contributed by atoms with Crippen molar-refractivity contribution in [3.8, 4) is 11.5 Å². The maximum absolute atomic E-state index is 13.9. The Bertz CT molecular complexity index is 1750. The summed E-state index contributed by atoms with van der Waals surface area (Å²) < 4.78 is 0.475. The number of carboxylic acids is 1. The standard InChI is InChI=1S/C26H27N9O10S3/c1-2-33-5-6-34(19(41)18(33)40)24(45)29-15(11-3-4-13(37)14(38)7-11)17(39)30-26(28-10-36)21(44)35-16(20(42)43)12(8-46-22(26)35)9-47-25-32-31-23(27)48-25/h3-4,7,10,15,22,37-38H,2,5-6,8-9H2,1H3,(H2,27,31)(H,28,36)(H,29,45)(H,30,39)(H,42,43)/t15?,22-,26-/m1/s1. The van der Waals surface area contributed by atoms with Crippen molar-refractivity contribution < 1.29 is 48.9 Å². The third-order valence-electron chi connectivity index (χ3n) is 7.55. The number of nitrogens with one attached hydrogen (secondary N) is 3. The third-order valence-corrected chi connectivity index (χ3v) is 10.9. The number of carbonyl (C=O) groups excluding carboxylic acids is 6. The summed E-state index contributed by atoms with van der Waals surface area (Å²) in [5.74, 6) is -6.68. The second-order valence-corrected chi connectivity index (χ2v) is 13.6. The Morgan fingerprint density at radius 3 is 2.54 bits per heavy atom. The predicted molar refractivity (Wildman–Crippen MR) is 168 cm³/mol. The van der Waals surface area contributed by atoms with E-state index in [2.05, 4.69) is 26.1 Å². The summed E-state index contributed by atoms with van der Waals surface area (Å²) in [5.41, 5.74) is 3.31. The van der Waals surface area contributed by atoms with Crippen LogP contribution in [0.25, 0.3) is 0 Å². The number of urea groups is 1. The molecule has 19 nitrogen and oxygen atoms in total. The lowest BCUT2D eigenvalue weighted by atomic mass is 9.94. The van der Waals surface area contributed by atoms with Gasteiger partial charge in [-0.05, 0) is 30.2 Å². The second-order valence-electron chi connectivity index (χ2n) is 10.3. The van der Waals surface area contributed by atoms with Crippen LogP contribution < -0.4 is 21.7 Å². The molecule has 1 aromatic heterocycles. The average Bonchev–Trinajstić information content (AvgIpc) is 3.48. The molecule has 0 spiro atoms. The first kappa shape index (κ1) is 34.3. The smallest absolute Gasteiger partial charge is 0.352 e. The predicted octanol–water partition coefficient (Wildman–Crippen LogP) is -1.42. The molecule has 22 heteroatoms. The van der Waals surface area contributed by atoms with Gasteiger partial charge < -0.3 is 41.9 Å². The number of benzene rings is 1. The summed E-state index contributed by atoms with van der Waals surface area (Å²) >= 11 is 3.31. The molecule has 1 aromatic carbocycles. The Labute approximate surface area is 282 Å². The number of phenolic OH excluding ortho intramolecular Hbond substituents is 2. The Balaban J connectivity index is 1.42. The monoisotopic (exact) mass is 721 g/mol. The molecule has 7 amide bonds. The number of amides is 7. The zero-order valence-corrected chi connectivity index (χ0v) is 27.2. The van der Waals surface area contributed by atoms with Crippen molar-refractivity contribution in [2.45, 2.75) is 28.3 Å². The fourth-order valence-corrected chi connectivity index (χ4v) is 8.39. The molecule has 8 N–H and O–H groups in total. The Hall–Kier alpha value is -5.09. The van der Waals surface area contributed by atoms with Crippen molar-refractivity contribution in [2.24, 2.45) is 0 Å². The molecule has 4 heterocycles. The van der Waals surface area contributed by atoms with Crippen LogP contribution in [0.1, 0.15) is 18.5 Å². The van der Waals surface area contributed by atoms with E-state index in [1.807, 2.05) is 0 Å². The van der Waals surface area contributed by atoms with Gasteiger partial charge >= 0.3 is 23.8 Å². The number of carbonyl (C=O) groups is 7. The lowest BCUT2D eigenvalue weighted by molar-refractivity contribution is -0.163. The summed E-state index contributed by atoms with van der Waals surface area (Å²) in [6.45, 7) is 1.72. The number of anilines is 1. The van der Waals surface area contributed by atoms with Crippen molar-refractivity contribution >= 4 is 82.0 Å². The summed E-state index contributed by atoms with van der Waals surface area (Å²) in [6.07, 6.45) is 0.142. The summed E-state index contributed by atoms with van der Waals surface area (Å²) in [6, 6.07) is 0.230. The molecule has 48 heavy (non-hydrogen) atoms. The second kappa shape index (κ2) is 13.6. The van der Waals surface area contributed by atoms with Crippen LogP contribution in [0.5, 0.6) is 11.5 Å². The number of likely N-dealkylation sites (N-methyl/N-ethyl adjacent to an activating group) is 1. The summed E-state index contributed by atoms with van der Waals surface area (Å²) in [5, 5.41) is 43.7. The van der Waals surface area contributed by atoms with Crippen molar-refractivity contribution in [2.75, 3.05) is 36.9 Å². The van der Waals surface area contributed by atoms with Crippen LogP contribution in [0, 0.1) is 0 Å². The lowest BCUT2D eigenvalue weighted by Crippen LogP contribution is -2.85. The first-order valence-corrected chi connectivity index (χ1v) is 16.8. The maximum Gasteiger partial charge on any atom is 0.352 e. The van der Waals surface area contributed by atoms with Crippen molar-refractivity contribution in [3.63, 3.8) is 0 Å². The number of fused-ring (bicyclic) bond motifs is 1. The van der Waals surface area contributed by atoms with Gasteiger partial charge in [0, 0.05) is 31.1 Å². The highest BCUT2D eigenvalue weighted by molar-refractivity contribution is 8.02. The van der Waals surface area contributed by atoms with E-state index in [-0.39, 0.29) is 53.9 Å². The normalized spacial score (nSPS) is 21.3. The number of hydrogen-bond acceptors (Lipinski definition) is 15. The molecule has 0 bridgehead atoms. The zero-order valence-electron chi connectivity index (χ0n) is 24.7. The van der Waals surface area contributed by atoms with Crippen molar-refractivity contribution in [3.05, 3.63) is 35.0 Å². The Morgan fingerprint density at radius 1 is 1.17 bits per heavy atom. The molecule has 3 aliphatic heterocycles. The number of thioether (sulfide) groups is 2. The number of β-lactam (4-membered cyclic amide) rings is 1. The van der Waals surface area contributed by atoms with Gasteiger partial charge in [-0.1, -0.05) is 29.2 Å². The highest BCUT2D eigenvalue weighted by Crippen LogP contribution is 2.46. The molecule has 254 valence electrons. The molecule has 1 unspecified atom stereocenters. The number of aliphatic carboxylic acids is 1. The number of aromatic hydroxyl groups is 2. The SMILES string of the molecule is CCN1CCN(C(=O)NC(C(=O)N[C@]2(NC=O)C(=O)N3C(C(=O)O)=C(CSc4nnc(N)s4)CS[C@@H]32)c2ccc(O)c(O)c2)C(=O)C1=O. The first-order valence-electron chi connectivity index (χ1n) is 13.9. The van der Waals surface area contributed by atoms with Gasteiger partial charge in [0.2, 0.25) is 23.1 Å². The van der Waals surface area contributed by atoms with Crippen molar-refractivity contribution in [1.29, 1.82) is 0 Å².